The topological polar surface area (TPSA) is 35.2 Å². The van der Waals surface area contributed by atoms with Crippen LogP contribution in [-0.4, -0.2) is 13.7 Å². The molecular formula is C11H14ClNO. The summed E-state index contributed by atoms with van der Waals surface area (Å²) in [7, 11) is 1.71. The van der Waals surface area contributed by atoms with E-state index in [1.54, 1.807) is 7.11 Å². The van der Waals surface area contributed by atoms with Gasteiger partial charge in [0.2, 0.25) is 0 Å². The molecule has 76 valence electrons. The summed E-state index contributed by atoms with van der Waals surface area (Å²) in [5, 5.41) is 0.750. The van der Waals surface area contributed by atoms with Crippen LogP contribution in [0, 0.1) is 0 Å². The fourth-order valence-electron chi connectivity index (χ4n) is 2.17. The molecule has 0 radical (unpaired) electrons. The lowest BCUT2D eigenvalue weighted by atomic mass is 9.96. The van der Waals surface area contributed by atoms with E-state index < -0.39 is 0 Å². The molecule has 0 bridgehead atoms. The van der Waals surface area contributed by atoms with E-state index in [-0.39, 0.29) is 5.60 Å². The van der Waals surface area contributed by atoms with Crippen molar-refractivity contribution in [2.45, 2.75) is 18.4 Å². The highest BCUT2D eigenvalue weighted by molar-refractivity contribution is 6.30. The molecule has 0 heterocycles. The van der Waals surface area contributed by atoms with Crippen molar-refractivity contribution in [2.75, 3.05) is 13.7 Å². The number of ether oxygens (including phenoxy) is 1. The molecule has 1 unspecified atom stereocenters. The highest BCUT2D eigenvalue weighted by atomic mass is 35.5. The molecule has 0 aliphatic heterocycles. The third kappa shape index (κ3) is 1.34. The van der Waals surface area contributed by atoms with Gasteiger partial charge < -0.3 is 10.5 Å². The van der Waals surface area contributed by atoms with Crippen LogP contribution < -0.4 is 5.73 Å². The van der Waals surface area contributed by atoms with E-state index in [9.17, 15) is 0 Å². The second kappa shape index (κ2) is 3.54. The first-order valence-corrected chi connectivity index (χ1v) is 5.14. The van der Waals surface area contributed by atoms with Crippen molar-refractivity contribution in [2.24, 2.45) is 5.73 Å². The average molecular weight is 212 g/mol. The highest BCUT2D eigenvalue weighted by Crippen LogP contribution is 2.39. The molecule has 0 aromatic heterocycles. The standard InChI is InChI=1S/C11H14ClNO/c1-14-11(7-13)5-4-8-2-3-9(12)6-10(8)11/h2-3,6H,4-5,7,13H2,1H3. The SMILES string of the molecule is COC1(CN)CCc2ccc(Cl)cc21. The first-order valence-electron chi connectivity index (χ1n) is 4.76. The van der Waals surface area contributed by atoms with Gasteiger partial charge >= 0.3 is 0 Å². The Labute approximate surface area is 89.0 Å². The molecule has 3 heteroatoms. The summed E-state index contributed by atoms with van der Waals surface area (Å²) in [5.41, 5.74) is 7.94. The van der Waals surface area contributed by atoms with E-state index in [4.69, 9.17) is 22.1 Å². The van der Waals surface area contributed by atoms with Crippen molar-refractivity contribution < 1.29 is 4.74 Å². The maximum absolute atomic E-state index is 5.97. The van der Waals surface area contributed by atoms with Gasteiger partial charge in [-0.25, -0.2) is 0 Å². The van der Waals surface area contributed by atoms with E-state index in [2.05, 4.69) is 6.07 Å². The number of nitrogens with two attached hydrogens (primary N) is 1. The van der Waals surface area contributed by atoms with Gasteiger partial charge in [0, 0.05) is 18.7 Å². The van der Waals surface area contributed by atoms with Crippen LogP contribution in [0.5, 0.6) is 0 Å². The van der Waals surface area contributed by atoms with Crippen molar-refractivity contribution >= 4 is 11.6 Å². The molecule has 2 nitrogen and oxygen atoms in total. The predicted octanol–water partition coefficient (Wildman–Crippen LogP) is 2.09. The summed E-state index contributed by atoms with van der Waals surface area (Å²) in [4.78, 5) is 0. The third-order valence-electron chi connectivity index (χ3n) is 3.08. The van der Waals surface area contributed by atoms with Crippen molar-refractivity contribution in [1.29, 1.82) is 0 Å². The summed E-state index contributed by atoms with van der Waals surface area (Å²) in [6.07, 6.45) is 1.98. The quantitative estimate of drug-likeness (QED) is 0.813. The van der Waals surface area contributed by atoms with Gasteiger partial charge in [-0.05, 0) is 36.1 Å². The zero-order valence-corrected chi connectivity index (χ0v) is 8.97. The van der Waals surface area contributed by atoms with Crippen LogP contribution in [0.15, 0.2) is 18.2 Å². The Hall–Kier alpha value is -0.570. The largest absolute Gasteiger partial charge is 0.372 e. The van der Waals surface area contributed by atoms with Crippen LogP contribution in [0.1, 0.15) is 17.5 Å². The molecule has 1 aromatic rings. The molecule has 2 rings (SSSR count). The molecule has 14 heavy (non-hydrogen) atoms. The van der Waals surface area contributed by atoms with Crippen molar-refractivity contribution in [3.63, 3.8) is 0 Å². The Balaban J connectivity index is 2.51. The summed E-state index contributed by atoms with van der Waals surface area (Å²) >= 11 is 5.97. The zero-order valence-electron chi connectivity index (χ0n) is 8.22. The normalized spacial score (nSPS) is 25.1. The molecule has 0 saturated heterocycles. The predicted molar refractivity (Wildman–Crippen MR) is 57.5 cm³/mol. The maximum atomic E-state index is 5.97. The van der Waals surface area contributed by atoms with Crippen LogP contribution in [0.3, 0.4) is 0 Å². The lowest BCUT2D eigenvalue weighted by Gasteiger charge is -2.27. The molecule has 0 amide bonds. The fourth-order valence-corrected chi connectivity index (χ4v) is 2.34. The number of aryl methyl sites for hydroxylation is 1. The number of hydrogen-bond acceptors (Lipinski definition) is 2. The summed E-state index contributed by atoms with van der Waals surface area (Å²) in [6.45, 7) is 0.511. The van der Waals surface area contributed by atoms with Crippen LogP contribution in [0.2, 0.25) is 5.02 Å². The van der Waals surface area contributed by atoms with Gasteiger partial charge in [-0.3, -0.25) is 0 Å². The molecule has 1 aromatic carbocycles. The molecule has 1 aliphatic carbocycles. The minimum absolute atomic E-state index is 0.305. The molecule has 0 fully saturated rings. The lowest BCUT2D eigenvalue weighted by Crippen LogP contribution is -2.34. The highest BCUT2D eigenvalue weighted by Gasteiger charge is 2.37. The summed E-state index contributed by atoms with van der Waals surface area (Å²) in [6, 6.07) is 5.96. The van der Waals surface area contributed by atoms with Crippen LogP contribution >= 0.6 is 11.6 Å². The lowest BCUT2D eigenvalue weighted by molar-refractivity contribution is -0.00513. The minimum Gasteiger partial charge on any atom is -0.372 e. The number of fused-ring (bicyclic) bond motifs is 1. The number of halogens is 1. The number of rotatable bonds is 2. The van der Waals surface area contributed by atoms with Crippen molar-refractivity contribution in [1.82, 2.24) is 0 Å². The first-order chi connectivity index (χ1) is 6.72. The van der Waals surface area contributed by atoms with Gasteiger partial charge in [0.15, 0.2) is 0 Å². The Kier molecular flexibility index (Phi) is 2.52. The number of benzene rings is 1. The van der Waals surface area contributed by atoms with Gasteiger partial charge in [-0.2, -0.15) is 0 Å². The second-order valence-electron chi connectivity index (χ2n) is 3.70. The van der Waals surface area contributed by atoms with Crippen molar-refractivity contribution in [3.05, 3.63) is 34.3 Å². The van der Waals surface area contributed by atoms with E-state index in [0.717, 1.165) is 23.4 Å². The van der Waals surface area contributed by atoms with Gasteiger partial charge in [-0.15, -0.1) is 0 Å². The van der Waals surface area contributed by atoms with Crippen LogP contribution in [-0.2, 0) is 16.8 Å². The number of hydrogen-bond donors (Lipinski definition) is 1. The van der Waals surface area contributed by atoms with Gasteiger partial charge in [0.05, 0.1) is 0 Å². The Morgan fingerprint density at radius 2 is 2.36 bits per heavy atom. The Morgan fingerprint density at radius 1 is 1.57 bits per heavy atom. The van der Waals surface area contributed by atoms with E-state index in [1.165, 1.54) is 5.56 Å². The molecule has 0 saturated carbocycles. The minimum atomic E-state index is -0.305. The average Bonchev–Trinajstić information content (AvgIpc) is 2.57. The molecule has 1 atom stereocenters. The summed E-state index contributed by atoms with van der Waals surface area (Å²) < 4.78 is 5.55. The van der Waals surface area contributed by atoms with E-state index in [1.807, 2.05) is 12.1 Å². The van der Waals surface area contributed by atoms with E-state index >= 15 is 0 Å². The second-order valence-corrected chi connectivity index (χ2v) is 4.14. The fraction of sp³-hybridized carbons (Fsp3) is 0.455. The Bertz CT molecular complexity index is 347. The maximum Gasteiger partial charge on any atom is 0.105 e. The van der Waals surface area contributed by atoms with Gasteiger partial charge in [0.1, 0.15) is 5.60 Å². The summed E-state index contributed by atoms with van der Waals surface area (Å²) in [5.74, 6) is 0. The first kappa shape index (κ1) is 9.97. The van der Waals surface area contributed by atoms with Crippen LogP contribution in [0.4, 0.5) is 0 Å². The molecule has 1 aliphatic rings. The zero-order chi connectivity index (χ0) is 10.2. The smallest absolute Gasteiger partial charge is 0.105 e. The molecule has 0 spiro atoms. The number of methoxy groups -OCH3 is 1. The molecular weight excluding hydrogens is 198 g/mol. The monoisotopic (exact) mass is 211 g/mol. The molecule has 2 N–H and O–H groups in total. The van der Waals surface area contributed by atoms with Gasteiger partial charge in [0.25, 0.3) is 0 Å². The van der Waals surface area contributed by atoms with Crippen LogP contribution in [0.25, 0.3) is 0 Å². The Morgan fingerprint density at radius 3 is 3.00 bits per heavy atom. The van der Waals surface area contributed by atoms with Gasteiger partial charge in [-0.1, -0.05) is 17.7 Å². The van der Waals surface area contributed by atoms with E-state index in [0.29, 0.717) is 6.54 Å². The van der Waals surface area contributed by atoms with Crippen molar-refractivity contribution in [3.8, 4) is 0 Å². The third-order valence-corrected chi connectivity index (χ3v) is 3.32.